The molecular weight excluding hydrogens is 204 g/mol. The van der Waals surface area contributed by atoms with E-state index in [0.717, 1.165) is 12.8 Å². The molecule has 0 unspecified atom stereocenters. The Kier molecular flexibility index (Phi) is 4.78. The summed E-state index contributed by atoms with van der Waals surface area (Å²) < 4.78 is 10.6. The third-order valence-corrected chi connectivity index (χ3v) is 2.56. The summed E-state index contributed by atoms with van der Waals surface area (Å²) >= 11 is 0. The minimum absolute atomic E-state index is 0.117. The van der Waals surface area contributed by atoms with Crippen LogP contribution in [0.15, 0.2) is 0 Å². The Labute approximate surface area is 98.5 Å². The van der Waals surface area contributed by atoms with Gasteiger partial charge in [0, 0.05) is 0 Å². The van der Waals surface area contributed by atoms with Gasteiger partial charge in [-0.3, -0.25) is 0 Å². The van der Waals surface area contributed by atoms with E-state index in [1.807, 2.05) is 20.8 Å². The summed E-state index contributed by atoms with van der Waals surface area (Å²) in [7, 11) is 0. The average Bonchev–Trinajstić information content (AvgIpc) is 2.89. The van der Waals surface area contributed by atoms with Gasteiger partial charge in [-0.1, -0.05) is 32.6 Å². The second-order valence-electron chi connectivity index (χ2n) is 5.48. The van der Waals surface area contributed by atoms with E-state index in [1.165, 1.54) is 19.3 Å². The van der Waals surface area contributed by atoms with Crippen LogP contribution >= 0.6 is 0 Å². The van der Waals surface area contributed by atoms with Gasteiger partial charge in [0.2, 0.25) is 0 Å². The maximum absolute atomic E-state index is 11.6. The molecule has 94 valence electrons. The fraction of sp³-hybridized carbons (Fsp3) is 0.923. The second-order valence-corrected chi connectivity index (χ2v) is 5.48. The molecule has 1 fully saturated rings. The number of esters is 1. The lowest BCUT2D eigenvalue weighted by molar-refractivity contribution is -0.156. The first-order valence-corrected chi connectivity index (χ1v) is 6.32. The first kappa shape index (κ1) is 13.5. The van der Waals surface area contributed by atoms with Gasteiger partial charge in [-0.2, -0.15) is 0 Å². The summed E-state index contributed by atoms with van der Waals surface area (Å²) in [5, 5.41) is 0. The molecule has 0 aliphatic carbocycles. The molecule has 3 nitrogen and oxygen atoms in total. The smallest absolute Gasteiger partial charge is 0.338 e. The number of epoxide rings is 1. The van der Waals surface area contributed by atoms with Gasteiger partial charge in [-0.15, -0.1) is 0 Å². The van der Waals surface area contributed by atoms with E-state index in [1.54, 1.807) is 0 Å². The molecule has 16 heavy (non-hydrogen) atoms. The minimum atomic E-state index is -0.407. The number of carbonyl (C=O) groups excluding carboxylic acids is 1. The molecule has 0 saturated carbocycles. The van der Waals surface area contributed by atoms with Gasteiger partial charge < -0.3 is 9.47 Å². The van der Waals surface area contributed by atoms with Gasteiger partial charge in [-0.25, -0.2) is 4.79 Å². The third-order valence-electron chi connectivity index (χ3n) is 2.56. The molecule has 0 aromatic heterocycles. The van der Waals surface area contributed by atoms with Gasteiger partial charge in [-0.05, 0) is 27.2 Å². The summed E-state index contributed by atoms with van der Waals surface area (Å²) in [6.45, 7) is 7.83. The molecule has 0 N–H and O–H groups in total. The Hall–Kier alpha value is -0.570. The van der Waals surface area contributed by atoms with Gasteiger partial charge >= 0.3 is 5.97 Å². The van der Waals surface area contributed by atoms with Crippen LogP contribution in [-0.4, -0.2) is 23.8 Å². The van der Waals surface area contributed by atoms with E-state index >= 15 is 0 Å². The summed E-state index contributed by atoms with van der Waals surface area (Å²) in [5.41, 5.74) is -0.407. The van der Waals surface area contributed by atoms with Crippen molar-refractivity contribution in [2.45, 2.75) is 77.6 Å². The lowest BCUT2D eigenvalue weighted by Crippen LogP contribution is -2.27. The van der Waals surface area contributed by atoms with Crippen LogP contribution < -0.4 is 0 Å². The topological polar surface area (TPSA) is 38.8 Å². The molecule has 1 rings (SSSR count). The molecule has 2 atom stereocenters. The van der Waals surface area contributed by atoms with Crippen LogP contribution in [0.5, 0.6) is 0 Å². The number of ether oxygens (including phenoxy) is 2. The Morgan fingerprint density at radius 3 is 2.50 bits per heavy atom. The van der Waals surface area contributed by atoms with Gasteiger partial charge in [0.15, 0.2) is 6.10 Å². The van der Waals surface area contributed by atoms with E-state index in [0.29, 0.717) is 0 Å². The van der Waals surface area contributed by atoms with Crippen molar-refractivity contribution in [3.8, 4) is 0 Å². The highest BCUT2D eigenvalue weighted by Gasteiger charge is 2.46. The molecule has 1 aliphatic rings. The summed E-state index contributed by atoms with van der Waals surface area (Å²) in [6, 6.07) is 0. The van der Waals surface area contributed by atoms with Crippen LogP contribution in [0, 0.1) is 0 Å². The van der Waals surface area contributed by atoms with Crippen molar-refractivity contribution in [1.29, 1.82) is 0 Å². The normalized spacial score (nSPS) is 24.2. The standard InChI is InChI=1S/C13H24O3/c1-5-6-7-8-9-10-11(15-10)12(14)16-13(2,3)4/h10-11H,5-9H2,1-4H3/t10-,11+/m1/s1. The molecule has 1 aliphatic heterocycles. The van der Waals surface area contributed by atoms with Crippen LogP contribution in [-0.2, 0) is 14.3 Å². The molecule has 0 aromatic rings. The van der Waals surface area contributed by atoms with Crippen molar-refractivity contribution in [2.75, 3.05) is 0 Å². The van der Waals surface area contributed by atoms with Gasteiger partial charge in [0.25, 0.3) is 0 Å². The summed E-state index contributed by atoms with van der Waals surface area (Å²) in [6.07, 6.45) is 5.71. The van der Waals surface area contributed by atoms with Crippen LogP contribution in [0.25, 0.3) is 0 Å². The summed E-state index contributed by atoms with van der Waals surface area (Å²) in [4.78, 5) is 11.6. The minimum Gasteiger partial charge on any atom is -0.458 e. The first-order chi connectivity index (χ1) is 7.44. The van der Waals surface area contributed by atoms with Crippen molar-refractivity contribution in [3.05, 3.63) is 0 Å². The summed E-state index contributed by atoms with van der Waals surface area (Å²) in [5.74, 6) is -0.201. The molecular formula is C13H24O3. The van der Waals surface area contributed by atoms with Crippen LogP contribution in [0.3, 0.4) is 0 Å². The van der Waals surface area contributed by atoms with E-state index in [2.05, 4.69) is 6.92 Å². The monoisotopic (exact) mass is 228 g/mol. The number of rotatable bonds is 6. The van der Waals surface area contributed by atoms with E-state index in [-0.39, 0.29) is 18.2 Å². The van der Waals surface area contributed by atoms with Crippen LogP contribution in [0.4, 0.5) is 0 Å². The van der Waals surface area contributed by atoms with Crippen molar-refractivity contribution >= 4 is 5.97 Å². The molecule has 0 spiro atoms. The maximum Gasteiger partial charge on any atom is 0.338 e. The average molecular weight is 228 g/mol. The number of hydrogen-bond donors (Lipinski definition) is 0. The quantitative estimate of drug-likeness (QED) is 0.398. The molecule has 1 saturated heterocycles. The zero-order valence-electron chi connectivity index (χ0n) is 10.9. The number of carbonyl (C=O) groups is 1. The molecule has 1 heterocycles. The Balaban J connectivity index is 2.11. The van der Waals surface area contributed by atoms with Crippen LogP contribution in [0.2, 0.25) is 0 Å². The zero-order chi connectivity index (χ0) is 12.2. The largest absolute Gasteiger partial charge is 0.458 e. The fourth-order valence-electron chi connectivity index (χ4n) is 1.70. The SMILES string of the molecule is CCCCCC[C@H]1O[C@@H]1C(=O)OC(C)(C)C. The molecule has 0 radical (unpaired) electrons. The lowest BCUT2D eigenvalue weighted by atomic mass is 10.1. The van der Waals surface area contributed by atoms with E-state index < -0.39 is 5.60 Å². The zero-order valence-corrected chi connectivity index (χ0v) is 10.9. The van der Waals surface area contributed by atoms with Crippen molar-refractivity contribution in [2.24, 2.45) is 0 Å². The highest BCUT2D eigenvalue weighted by molar-refractivity contribution is 5.78. The first-order valence-electron chi connectivity index (χ1n) is 6.32. The Morgan fingerprint density at radius 1 is 1.25 bits per heavy atom. The maximum atomic E-state index is 11.6. The van der Waals surface area contributed by atoms with E-state index in [4.69, 9.17) is 9.47 Å². The predicted octanol–water partition coefficient (Wildman–Crippen LogP) is 3.07. The Bertz CT molecular complexity index is 230. The third kappa shape index (κ3) is 4.97. The second kappa shape index (κ2) is 5.67. The van der Waals surface area contributed by atoms with Crippen molar-refractivity contribution in [3.63, 3.8) is 0 Å². The fourth-order valence-corrected chi connectivity index (χ4v) is 1.70. The Morgan fingerprint density at radius 2 is 1.94 bits per heavy atom. The molecule has 3 heteroatoms. The number of hydrogen-bond acceptors (Lipinski definition) is 3. The molecule has 0 amide bonds. The highest BCUT2D eigenvalue weighted by Crippen LogP contribution is 2.29. The predicted molar refractivity (Wildman–Crippen MR) is 63.3 cm³/mol. The van der Waals surface area contributed by atoms with Gasteiger partial charge in [0.1, 0.15) is 5.60 Å². The molecule has 0 aromatic carbocycles. The molecule has 0 bridgehead atoms. The van der Waals surface area contributed by atoms with Crippen molar-refractivity contribution in [1.82, 2.24) is 0 Å². The van der Waals surface area contributed by atoms with Crippen molar-refractivity contribution < 1.29 is 14.3 Å². The van der Waals surface area contributed by atoms with E-state index in [9.17, 15) is 4.79 Å². The van der Waals surface area contributed by atoms with Gasteiger partial charge in [0.05, 0.1) is 6.10 Å². The number of unbranched alkanes of at least 4 members (excludes halogenated alkanes) is 3. The van der Waals surface area contributed by atoms with Crippen LogP contribution in [0.1, 0.15) is 59.8 Å². The highest BCUT2D eigenvalue weighted by atomic mass is 16.6. The lowest BCUT2D eigenvalue weighted by Gasteiger charge is -2.18.